The van der Waals surface area contributed by atoms with Crippen molar-refractivity contribution in [1.29, 1.82) is 0 Å². The lowest BCUT2D eigenvalue weighted by molar-refractivity contribution is 0.0947. The van der Waals surface area contributed by atoms with Crippen LogP contribution in [0.5, 0.6) is 5.75 Å². The third kappa shape index (κ3) is 3.15. The minimum Gasteiger partial charge on any atom is -0.496 e. The molecule has 0 unspecified atom stereocenters. The number of benzene rings is 2. The highest BCUT2D eigenvalue weighted by molar-refractivity contribution is 5.96. The third-order valence-electron chi connectivity index (χ3n) is 3.76. The normalized spacial score (nSPS) is 10.6. The number of rotatable bonds is 4. The van der Waals surface area contributed by atoms with Crippen LogP contribution < -0.4 is 15.7 Å². The minimum atomic E-state index is -0.649. The van der Waals surface area contributed by atoms with E-state index in [1.807, 2.05) is 43.3 Å². The van der Waals surface area contributed by atoms with E-state index in [0.29, 0.717) is 11.3 Å². The molecule has 3 aromatic rings. The molecule has 0 saturated heterocycles. The average molecular weight is 323 g/mol. The van der Waals surface area contributed by atoms with E-state index >= 15 is 0 Å². The lowest BCUT2D eigenvalue weighted by atomic mass is 10.1. The van der Waals surface area contributed by atoms with Crippen molar-refractivity contribution in [3.63, 3.8) is 0 Å². The summed E-state index contributed by atoms with van der Waals surface area (Å²) in [6.07, 6.45) is 0. The molecule has 0 aliphatic carbocycles. The van der Waals surface area contributed by atoms with E-state index in [1.165, 1.54) is 0 Å². The zero-order valence-corrected chi connectivity index (χ0v) is 13.5. The minimum absolute atomic E-state index is 0.0111. The number of fused-ring (bicyclic) bond motifs is 1. The Balaban J connectivity index is 1.86. The van der Waals surface area contributed by atoms with E-state index in [0.717, 1.165) is 16.5 Å². The van der Waals surface area contributed by atoms with Gasteiger partial charge >= 0.3 is 5.63 Å². The number of nitrogens with one attached hydrogen (secondary N) is 1. The number of ether oxygens (including phenoxy) is 1. The van der Waals surface area contributed by atoms with E-state index in [1.54, 1.807) is 19.2 Å². The van der Waals surface area contributed by atoms with Crippen LogP contribution in [0.4, 0.5) is 0 Å². The Bertz CT molecular complexity index is 959. The van der Waals surface area contributed by atoms with Crippen LogP contribution in [-0.2, 0) is 6.54 Å². The van der Waals surface area contributed by atoms with Gasteiger partial charge in [0.2, 0.25) is 0 Å². The Morgan fingerprint density at radius 1 is 1.17 bits per heavy atom. The second-order valence-electron chi connectivity index (χ2n) is 5.48. The Hall–Kier alpha value is -3.08. The molecule has 5 heteroatoms. The molecule has 3 rings (SSSR count). The van der Waals surface area contributed by atoms with Crippen molar-refractivity contribution in [2.24, 2.45) is 0 Å². The maximum atomic E-state index is 12.4. The number of para-hydroxylation sites is 1. The van der Waals surface area contributed by atoms with Gasteiger partial charge in [0.05, 0.1) is 7.11 Å². The summed E-state index contributed by atoms with van der Waals surface area (Å²) < 4.78 is 10.5. The van der Waals surface area contributed by atoms with Crippen LogP contribution in [0, 0.1) is 6.92 Å². The highest BCUT2D eigenvalue weighted by Gasteiger charge is 2.14. The summed E-state index contributed by atoms with van der Waals surface area (Å²) in [5.41, 5.74) is 1.66. The molecule has 24 heavy (non-hydrogen) atoms. The molecule has 1 amide bonds. The summed E-state index contributed by atoms with van der Waals surface area (Å²) in [5.74, 6) is 0.206. The first-order valence-corrected chi connectivity index (χ1v) is 7.53. The topological polar surface area (TPSA) is 68.5 Å². The zero-order chi connectivity index (χ0) is 17.1. The van der Waals surface area contributed by atoms with Crippen LogP contribution in [-0.4, -0.2) is 13.0 Å². The molecule has 0 spiro atoms. The van der Waals surface area contributed by atoms with Crippen LogP contribution in [0.25, 0.3) is 11.0 Å². The zero-order valence-electron chi connectivity index (χ0n) is 13.5. The monoisotopic (exact) mass is 323 g/mol. The van der Waals surface area contributed by atoms with Gasteiger partial charge in [-0.3, -0.25) is 4.79 Å². The Morgan fingerprint density at radius 2 is 1.96 bits per heavy atom. The fraction of sp³-hybridized carbons (Fsp3) is 0.158. The average Bonchev–Trinajstić information content (AvgIpc) is 2.59. The molecule has 1 heterocycles. The van der Waals surface area contributed by atoms with Crippen molar-refractivity contribution < 1.29 is 13.9 Å². The van der Waals surface area contributed by atoms with Crippen LogP contribution in [0.15, 0.2) is 57.7 Å². The number of carbonyl (C=O) groups is 1. The molecular formula is C19H17NO4. The predicted molar refractivity (Wildman–Crippen MR) is 91.4 cm³/mol. The first-order chi connectivity index (χ1) is 11.6. The number of aryl methyl sites for hydroxylation is 1. The standard InChI is InChI=1S/C19H17NO4/c1-12-7-8-17-14(9-12)10-15(19(22)24-17)18(21)20-11-13-5-3-4-6-16(13)23-2/h3-10H,11H2,1-2H3,(H,20,21). The lowest BCUT2D eigenvalue weighted by Gasteiger charge is -2.09. The van der Waals surface area contributed by atoms with Gasteiger partial charge in [0.1, 0.15) is 16.9 Å². The number of methoxy groups -OCH3 is 1. The number of amides is 1. The van der Waals surface area contributed by atoms with Gasteiger partial charge in [0, 0.05) is 17.5 Å². The molecular weight excluding hydrogens is 306 g/mol. The van der Waals surface area contributed by atoms with E-state index in [9.17, 15) is 9.59 Å². The first-order valence-electron chi connectivity index (χ1n) is 7.53. The first kappa shape index (κ1) is 15.8. The summed E-state index contributed by atoms with van der Waals surface area (Å²) in [4.78, 5) is 24.4. The molecule has 122 valence electrons. The molecule has 0 fully saturated rings. The van der Waals surface area contributed by atoms with Gasteiger partial charge in [-0.25, -0.2) is 4.79 Å². The van der Waals surface area contributed by atoms with Crippen molar-refractivity contribution in [1.82, 2.24) is 5.32 Å². The van der Waals surface area contributed by atoms with Crippen molar-refractivity contribution in [3.8, 4) is 5.75 Å². The summed E-state index contributed by atoms with van der Waals surface area (Å²) in [6.45, 7) is 2.19. The smallest absolute Gasteiger partial charge is 0.349 e. The Labute approximate surface area is 138 Å². The second-order valence-corrected chi connectivity index (χ2v) is 5.48. The van der Waals surface area contributed by atoms with Crippen molar-refractivity contribution in [2.45, 2.75) is 13.5 Å². The quantitative estimate of drug-likeness (QED) is 0.749. The molecule has 0 saturated carbocycles. The highest BCUT2D eigenvalue weighted by atomic mass is 16.5. The molecule has 5 nitrogen and oxygen atoms in total. The highest BCUT2D eigenvalue weighted by Crippen LogP contribution is 2.18. The summed E-state index contributed by atoms with van der Waals surface area (Å²) >= 11 is 0. The van der Waals surface area contributed by atoms with Crippen molar-refractivity contribution in [2.75, 3.05) is 7.11 Å². The Kier molecular flexibility index (Phi) is 4.33. The van der Waals surface area contributed by atoms with Gasteiger partial charge in [-0.1, -0.05) is 29.8 Å². The van der Waals surface area contributed by atoms with Crippen LogP contribution in [0.1, 0.15) is 21.5 Å². The number of hydrogen-bond donors (Lipinski definition) is 1. The Morgan fingerprint density at radius 3 is 2.75 bits per heavy atom. The molecule has 0 atom stereocenters. The maximum absolute atomic E-state index is 12.4. The van der Waals surface area contributed by atoms with Gasteiger partial charge in [0.15, 0.2) is 0 Å². The van der Waals surface area contributed by atoms with Gasteiger partial charge in [-0.2, -0.15) is 0 Å². The van der Waals surface area contributed by atoms with Crippen molar-refractivity contribution in [3.05, 3.63) is 75.6 Å². The molecule has 0 aliphatic rings. The van der Waals surface area contributed by atoms with E-state index in [2.05, 4.69) is 5.32 Å². The van der Waals surface area contributed by atoms with Gasteiger partial charge < -0.3 is 14.5 Å². The molecule has 0 bridgehead atoms. The second kappa shape index (κ2) is 6.58. The van der Waals surface area contributed by atoms with Crippen LogP contribution in [0.2, 0.25) is 0 Å². The SMILES string of the molecule is COc1ccccc1CNC(=O)c1cc2cc(C)ccc2oc1=O. The number of hydrogen-bond acceptors (Lipinski definition) is 4. The predicted octanol–water partition coefficient (Wildman–Crippen LogP) is 3.04. The van der Waals surface area contributed by atoms with Gasteiger partial charge in [-0.15, -0.1) is 0 Å². The summed E-state index contributed by atoms with van der Waals surface area (Å²) in [7, 11) is 1.57. The van der Waals surface area contributed by atoms with Crippen LogP contribution >= 0.6 is 0 Å². The summed E-state index contributed by atoms with van der Waals surface area (Å²) in [6, 6.07) is 14.4. The third-order valence-corrected chi connectivity index (χ3v) is 3.76. The van der Waals surface area contributed by atoms with Crippen molar-refractivity contribution >= 4 is 16.9 Å². The molecule has 0 radical (unpaired) electrons. The van der Waals surface area contributed by atoms with E-state index in [4.69, 9.17) is 9.15 Å². The largest absolute Gasteiger partial charge is 0.496 e. The van der Waals surface area contributed by atoms with Gasteiger partial charge in [-0.05, 0) is 31.2 Å². The van der Waals surface area contributed by atoms with Crippen LogP contribution in [0.3, 0.4) is 0 Å². The molecule has 0 aliphatic heterocycles. The maximum Gasteiger partial charge on any atom is 0.349 e. The summed E-state index contributed by atoms with van der Waals surface area (Å²) in [5, 5.41) is 3.45. The lowest BCUT2D eigenvalue weighted by Crippen LogP contribution is -2.28. The molecule has 2 aromatic carbocycles. The van der Waals surface area contributed by atoms with E-state index < -0.39 is 11.5 Å². The van der Waals surface area contributed by atoms with E-state index in [-0.39, 0.29) is 12.1 Å². The number of carbonyl (C=O) groups excluding carboxylic acids is 1. The fourth-order valence-electron chi connectivity index (χ4n) is 2.52. The molecule has 1 N–H and O–H groups in total. The molecule has 1 aromatic heterocycles. The fourth-order valence-corrected chi connectivity index (χ4v) is 2.52. The van der Waals surface area contributed by atoms with Gasteiger partial charge in [0.25, 0.3) is 5.91 Å².